The average molecular weight is 1100 g/mol. The molecule has 26 heteroatoms. The zero-order chi connectivity index (χ0) is 56.3. The number of allylic oxidation sites excluding steroid dienone is 4. The van der Waals surface area contributed by atoms with E-state index in [1.165, 1.54) is 19.9 Å². The lowest BCUT2D eigenvalue weighted by atomic mass is 9.95. The summed E-state index contributed by atoms with van der Waals surface area (Å²) in [6, 6.07) is 0. The molecule has 0 aromatic carbocycles. The van der Waals surface area contributed by atoms with Gasteiger partial charge in [0, 0.05) is 0 Å². The van der Waals surface area contributed by atoms with Crippen LogP contribution in [0.5, 0.6) is 0 Å². The molecule has 5 rings (SSSR count). The lowest BCUT2D eigenvalue weighted by Crippen LogP contribution is -2.65. The first kappa shape index (κ1) is 64.7. The minimum Gasteiger partial charge on any atom is -0.394 e. The lowest BCUT2D eigenvalue weighted by molar-refractivity contribution is -0.365. The number of aliphatic hydroxyl groups excluding tert-OH is 16. The Balaban J connectivity index is 1.09. The maximum atomic E-state index is 11.3. The van der Waals surface area contributed by atoms with E-state index in [2.05, 4.69) is 12.7 Å². The second kappa shape index (κ2) is 29.6. The predicted octanol–water partition coefficient (Wildman–Crippen LogP) is -4.76. The first-order chi connectivity index (χ1) is 35.9. The molecular weight excluding hydrogens is 1020 g/mol. The van der Waals surface area contributed by atoms with Crippen molar-refractivity contribution in [1.82, 2.24) is 0 Å². The van der Waals surface area contributed by atoms with E-state index in [0.717, 1.165) is 16.7 Å². The molecule has 5 aliphatic rings. The molecule has 0 amide bonds. The van der Waals surface area contributed by atoms with Crippen molar-refractivity contribution in [3.63, 3.8) is 0 Å². The van der Waals surface area contributed by atoms with Crippen LogP contribution in [0.4, 0.5) is 0 Å². The highest BCUT2D eigenvalue weighted by molar-refractivity contribution is 5.09. The minimum absolute atomic E-state index is 0.0433. The summed E-state index contributed by atoms with van der Waals surface area (Å²) in [5.74, 6) is 0. The third-order valence-corrected chi connectivity index (χ3v) is 14.5. The van der Waals surface area contributed by atoms with Gasteiger partial charge in [-0.05, 0) is 78.7 Å². The molecule has 0 saturated carbocycles. The maximum absolute atomic E-state index is 11.3. The van der Waals surface area contributed by atoms with Crippen molar-refractivity contribution in [3.8, 4) is 0 Å². The monoisotopic (exact) mass is 1100 g/mol. The van der Waals surface area contributed by atoms with Crippen LogP contribution in [0.15, 0.2) is 47.6 Å². The third-order valence-electron chi connectivity index (χ3n) is 14.5. The van der Waals surface area contributed by atoms with E-state index >= 15 is 0 Å². The number of hydrogen-bond donors (Lipinski definition) is 16. The summed E-state index contributed by atoms with van der Waals surface area (Å²) < 4.78 is 57.4. The van der Waals surface area contributed by atoms with Crippen molar-refractivity contribution in [3.05, 3.63) is 47.6 Å². The smallest absolute Gasteiger partial charge is 0.187 e. The molecule has 26 nitrogen and oxygen atoms in total. The fourth-order valence-electron chi connectivity index (χ4n) is 9.33. The quantitative estimate of drug-likeness (QED) is 0.0382. The van der Waals surface area contributed by atoms with Crippen molar-refractivity contribution in [1.29, 1.82) is 0 Å². The number of rotatable bonds is 25. The fourth-order valence-corrected chi connectivity index (χ4v) is 9.33. The molecule has 0 aliphatic carbocycles. The van der Waals surface area contributed by atoms with Crippen LogP contribution in [0, 0.1) is 0 Å². The summed E-state index contributed by atoms with van der Waals surface area (Å²) in [6.45, 7) is 9.97. The Bertz CT molecular complexity index is 1860. The summed E-state index contributed by atoms with van der Waals surface area (Å²) in [5.41, 5.74) is 1.44. The molecule has 0 aromatic heterocycles. The molecule has 16 N–H and O–H groups in total. The van der Waals surface area contributed by atoms with Crippen LogP contribution < -0.4 is 0 Å². The molecule has 5 aliphatic heterocycles. The number of ether oxygens (including phenoxy) is 10. The molecule has 5 heterocycles. The summed E-state index contributed by atoms with van der Waals surface area (Å²) in [7, 11) is 0. The summed E-state index contributed by atoms with van der Waals surface area (Å²) in [6.07, 6.45) is -27.8. The van der Waals surface area contributed by atoms with E-state index in [1.54, 1.807) is 13.8 Å². The summed E-state index contributed by atoms with van der Waals surface area (Å²) >= 11 is 0. The van der Waals surface area contributed by atoms with Crippen molar-refractivity contribution in [2.24, 2.45) is 0 Å². The van der Waals surface area contributed by atoms with Gasteiger partial charge in [-0.2, -0.15) is 0 Å². The Morgan fingerprint density at radius 2 is 0.947 bits per heavy atom. The van der Waals surface area contributed by atoms with Gasteiger partial charge in [-0.25, -0.2) is 0 Å². The van der Waals surface area contributed by atoms with Gasteiger partial charge in [-0.15, -0.1) is 6.58 Å². The van der Waals surface area contributed by atoms with E-state index in [4.69, 9.17) is 47.4 Å². The highest BCUT2D eigenvalue weighted by Gasteiger charge is 2.53. The molecule has 0 bridgehead atoms. The van der Waals surface area contributed by atoms with Crippen molar-refractivity contribution >= 4 is 0 Å². The molecule has 0 spiro atoms. The Kier molecular flexibility index (Phi) is 25.2. The number of aliphatic hydroxyl groups is 16. The third kappa shape index (κ3) is 16.3. The van der Waals surface area contributed by atoms with Gasteiger partial charge in [0.15, 0.2) is 31.5 Å². The van der Waals surface area contributed by atoms with Crippen molar-refractivity contribution < 1.29 is 129 Å². The fraction of sp³-hybridized carbons (Fsp3) is 0.840. The molecule has 0 radical (unpaired) electrons. The Morgan fingerprint density at radius 3 is 1.53 bits per heavy atom. The average Bonchev–Trinajstić information content (AvgIpc) is 3.40. The van der Waals surface area contributed by atoms with E-state index in [1.807, 2.05) is 19.1 Å². The topological polar surface area (TPSA) is 416 Å². The molecule has 26 atom stereocenters. The molecule has 76 heavy (non-hydrogen) atoms. The van der Waals surface area contributed by atoms with Gasteiger partial charge in [0.1, 0.15) is 110 Å². The van der Waals surface area contributed by atoms with Crippen LogP contribution in [0.25, 0.3) is 0 Å². The van der Waals surface area contributed by atoms with Crippen LogP contribution >= 0.6 is 0 Å². The molecule has 5 fully saturated rings. The van der Waals surface area contributed by atoms with E-state index in [-0.39, 0.29) is 13.2 Å². The van der Waals surface area contributed by atoms with E-state index in [9.17, 15) is 81.7 Å². The second-order valence-electron chi connectivity index (χ2n) is 20.5. The molecule has 26 unspecified atom stereocenters. The lowest BCUT2D eigenvalue weighted by Gasteiger charge is -2.47. The Hall–Kier alpha value is -2.08. The minimum atomic E-state index is -1.81. The van der Waals surface area contributed by atoms with Gasteiger partial charge in [0.25, 0.3) is 0 Å². The predicted molar refractivity (Wildman–Crippen MR) is 259 cm³/mol. The molecular formula is C50H84O26. The van der Waals surface area contributed by atoms with Gasteiger partial charge in [0.2, 0.25) is 0 Å². The Morgan fingerprint density at radius 1 is 0.487 bits per heavy atom. The van der Waals surface area contributed by atoms with Crippen molar-refractivity contribution in [2.75, 3.05) is 33.0 Å². The normalized spacial score (nSPS) is 43.9. The standard InChI is InChI=1S/C50H84O26/c1-7-50(6,76-49-42(66)37(61)43(28(19-53)72-49)74-48-40(64)35(59)32(56)27(18-52)71-48)16-10-15-26(17-51)14-9-12-22(2)11-8-13-23(3)20-67-46-41(65)36(60)44(75-47-39(63)34(58)31(55)25(5)70-47)29(73-46)21-68-45-38(62)33(57)30(54)24(4)69-45/h7,12-13,15,24-25,27-49,51-66H,1,8-11,14,16-21H2,2-6H3. The van der Waals surface area contributed by atoms with Crippen LogP contribution in [-0.4, -0.2) is 274 Å². The SMILES string of the molecule is C=CC(C)(CCC=C(CO)CCC=C(C)CCC=C(C)COC1OC(COC2OC(C)C(O)C(O)C2O)C(OC2OC(C)C(O)C(O)C2O)C(O)C1O)OC1OC(CO)C(OC2OC(CO)C(O)C(O)C2O)C(O)C1O. The van der Waals surface area contributed by atoms with Crippen LogP contribution in [0.1, 0.15) is 73.1 Å². The molecule has 0 aromatic rings. The van der Waals surface area contributed by atoms with Gasteiger partial charge >= 0.3 is 0 Å². The zero-order valence-electron chi connectivity index (χ0n) is 43.5. The largest absolute Gasteiger partial charge is 0.394 e. The van der Waals surface area contributed by atoms with Gasteiger partial charge < -0.3 is 129 Å². The molecule has 5 saturated heterocycles. The zero-order valence-corrected chi connectivity index (χ0v) is 43.5. The van der Waals surface area contributed by atoms with E-state index < -0.39 is 179 Å². The summed E-state index contributed by atoms with van der Waals surface area (Å²) in [5, 5.41) is 167. The first-order valence-corrected chi connectivity index (χ1v) is 25.7. The van der Waals surface area contributed by atoms with Crippen molar-refractivity contribution in [2.45, 2.75) is 232 Å². The van der Waals surface area contributed by atoms with E-state index in [0.29, 0.717) is 38.5 Å². The van der Waals surface area contributed by atoms with Crippen LogP contribution in [-0.2, 0) is 47.4 Å². The van der Waals surface area contributed by atoms with Gasteiger partial charge in [-0.1, -0.05) is 35.5 Å². The van der Waals surface area contributed by atoms with Gasteiger partial charge in [0.05, 0.1) is 50.8 Å². The Labute approximate surface area is 441 Å². The van der Waals surface area contributed by atoms with Crippen LogP contribution in [0.3, 0.4) is 0 Å². The number of hydrogen-bond acceptors (Lipinski definition) is 26. The molecule has 440 valence electrons. The maximum Gasteiger partial charge on any atom is 0.187 e. The summed E-state index contributed by atoms with van der Waals surface area (Å²) in [4.78, 5) is 0. The highest BCUT2D eigenvalue weighted by atomic mass is 16.8. The highest BCUT2D eigenvalue weighted by Crippen LogP contribution is 2.35. The van der Waals surface area contributed by atoms with Gasteiger partial charge in [-0.3, -0.25) is 0 Å². The first-order valence-electron chi connectivity index (χ1n) is 25.7. The second-order valence-corrected chi connectivity index (χ2v) is 20.5. The van der Waals surface area contributed by atoms with Crippen LogP contribution in [0.2, 0.25) is 0 Å².